The number of hydrogen-bond donors (Lipinski definition) is 1. The molecule has 1 N–H and O–H groups in total. The molecule has 0 aromatic carbocycles. The number of anilines is 1. The highest BCUT2D eigenvalue weighted by atomic mass is 32.2. The minimum absolute atomic E-state index is 0.0277. The van der Waals surface area contributed by atoms with E-state index in [1.54, 1.807) is 0 Å². The number of nitrogens with zero attached hydrogens (tertiary/aromatic N) is 2. The van der Waals surface area contributed by atoms with Crippen molar-refractivity contribution in [2.75, 3.05) is 5.32 Å². The van der Waals surface area contributed by atoms with Crippen molar-refractivity contribution < 1.29 is 30.5 Å². The summed E-state index contributed by atoms with van der Waals surface area (Å²) in [6.45, 7) is 6.51. The third-order valence-corrected chi connectivity index (χ3v) is 3.78. The predicted molar refractivity (Wildman–Crippen MR) is 89.7 cm³/mol. The Morgan fingerprint density at radius 1 is 1.08 bits per heavy atom. The maximum absolute atomic E-state index is 10.7. The van der Waals surface area contributed by atoms with Gasteiger partial charge in [0.1, 0.15) is 11.0 Å². The van der Waals surface area contributed by atoms with Crippen molar-refractivity contribution >= 4 is 27.1 Å². The molecule has 26 heavy (non-hydrogen) atoms. The fourth-order valence-corrected chi connectivity index (χ4v) is 2.25. The number of fused-ring (bicyclic) bond motifs is 3. The predicted octanol–water partition coefficient (Wildman–Crippen LogP) is 2.94. The Morgan fingerprint density at radius 2 is 1.65 bits per heavy atom. The SMILES string of the molecule is CC(C)(C)Nc1n2ccccc2c2cccc[n+]12.O=S(=O)([O-])C(F)(F)F. The van der Waals surface area contributed by atoms with Gasteiger partial charge in [0.25, 0.3) is 0 Å². The normalized spacial score (nSPS) is 12.7. The molecule has 0 bridgehead atoms. The molecule has 3 aromatic heterocycles. The van der Waals surface area contributed by atoms with Crippen molar-refractivity contribution in [2.45, 2.75) is 31.8 Å². The lowest BCUT2D eigenvalue weighted by atomic mass is 10.1. The van der Waals surface area contributed by atoms with Crippen molar-refractivity contribution in [2.24, 2.45) is 0 Å². The molecule has 142 valence electrons. The van der Waals surface area contributed by atoms with Crippen molar-refractivity contribution in [3.05, 3.63) is 48.8 Å². The van der Waals surface area contributed by atoms with Crippen LogP contribution in [0.25, 0.3) is 11.0 Å². The van der Waals surface area contributed by atoms with Gasteiger partial charge in [-0.2, -0.15) is 13.2 Å². The first-order chi connectivity index (χ1) is 11.8. The molecule has 0 spiro atoms. The van der Waals surface area contributed by atoms with E-state index in [0.717, 1.165) is 5.95 Å². The molecule has 0 fully saturated rings. The van der Waals surface area contributed by atoms with E-state index in [0.29, 0.717) is 0 Å². The molecule has 0 atom stereocenters. The lowest BCUT2D eigenvalue weighted by Crippen LogP contribution is -2.34. The summed E-state index contributed by atoms with van der Waals surface area (Å²) in [5.74, 6) is 1.09. The van der Waals surface area contributed by atoms with Gasteiger partial charge in [-0.15, -0.1) is 0 Å². The fourth-order valence-electron chi connectivity index (χ4n) is 2.25. The molecule has 0 aliphatic heterocycles. The van der Waals surface area contributed by atoms with Crippen LogP contribution in [-0.4, -0.2) is 28.4 Å². The van der Waals surface area contributed by atoms with Crippen LogP contribution in [0.5, 0.6) is 0 Å². The minimum Gasteiger partial charge on any atom is -0.741 e. The molecule has 10 heteroatoms. The van der Waals surface area contributed by atoms with Crippen LogP contribution in [-0.2, 0) is 10.1 Å². The van der Waals surface area contributed by atoms with Gasteiger partial charge in [-0.25, -0.2) is 17.2 Å². The number of aromatic nitrogens is 2. The average Bonchev–Trinajstić information content (AvgIpc) is 2.80. The summed E-state index contributed by atoms with van der Waals surface area (Å²) in [5, 5.41) is 3.57. The monoisotopic (exact) mass is 389 g/mol. The second kappa shape index (κ2) is 6.76. The van der Waals surface area contributed by atoms with E-state index in [1.807, 2.05) is 0 Å². The highest BCUT2D eigenvalue weighted by Gasteiger charge is 2.36. The van der Waals surface area contributed by atoms with E-state index in [4.69, 9.17) is 13.0 Å². The van der Waals surface area contributed by atoms with E-state index in [1.165, 1.54) is 11.0 Å². The van der Waals surface area contributed by atoms with Gasteiger partial charge < -0.3 is 4.55 Å². The van der Waals surface area contributed by atoms with Crippen LogP contribution in [0.4, 0.5) is 19.1 Å². The van der Waals surface area contributed by atoms with Gasteiger partial charge in [0, 0.05) is 0 Å². The van der Waals surface area contributed by atoms with E-state index < -0.39 is 15.6 Å². The number of pyridine rings is 2. The first-order valence-corrected chi connectivity index (χ1v) is 8.92. The largest absolute Gasteiger partial charge is 0.741 e. The number of alkyl halides is 3. The fraction of sp³-hybridized carbons (Fsp3) is 0.312. The zero-order valence-electron chi connectivity index (χ0n) is 14.3. The summed E-state index contributed by atoms with van der Waals surface area (Å²) in [6, 6.07) is 12.5. The number of halogens is 3. The Balaban J connectivity index is 0.000000260. The third kappa shape index (κ3) is 4.44. The van der Waals surface area contributed by atoms with Crippen molar-refractivity contribution in [1.82, 2.24) is 4.40 Å². The van der Waals surface area contributed by atoms with Crippen molar-refractivity contribution in [3.8, 4) is 0 Å². The molecule has 6 nitrogen and oxygen atoms in total. The van der Waals surface area contributed by atoms with Gasteiger partial charge in [0.2, 0.25) is 0 Å². The molecule has 3 rings (SSSR count). The van der Waals surface area contributed by atoms with Crippen LogP contribution in [0.15, 0.2) is 48.8 Å². The van der Waals surface area contributed by atoms with Crippen LogP contribution >= 0.6 is 0 Å². The topological polar surface area (TPSA) is 77.7 Å². The maximum Gasteiger partial charge on any atom is 0.485 e. The number of rotatable bonds is 1. The van der Waals surface area contributed by atoms with Gasteiger partial charge in [0.15, 0.2) is 10.1 Å². The molecule has 3 heterocycles. The lowest BCUT2D eigenvalue weighted by molar-refractivity contribution is -0.495. The van der Waals surface area contributed by atoms with Crippen molar-refractivity contribution in [3.63, 3.8) is 0 Å². The Labute approximate surface area is 148 Å². The van der Waals surface area contributed by atoms with Gasteiger partial charge in [-0.05, 0) is 45.0 Å². The van der Waals surface area contributed by atoms with Crippen LogP contribution in [0.3, 0.4) is 0 Å². The summed E-state index contributed by atoms with van der Waals surface area (Å²) in [7, 11) is -6.09. The van der Waals surface area contributed by atoms with Gasteiger partial charge in [-0.1, -0.05) is 12.1 Å². The van der Waals surface area contributed by atoms with Crippen LogP contribution in [0.1, 0.15) is 20.8 Å². The number of imidazole rings is 1. The first-order valence-electron chi connectivity index (χ1n) is 7.51. The molecule has 0 aliphatic rings. The Kier molecular flexibility index (Phi) is 5.20. The summed E-state index contributed by atoms with van der Waals surface area (Å²) in [5.41, 5.74) is -3.19. The van der Waals surface area contributed by atoms with E-state index >= 15 is 0 Å². The third-order valence-electron chi connectivity index (χ3n) is 3.21. The van der Waals surface area contributed by atoms with Gasteiger partial charge in [0.05, 0.1) is 17.9 Å². The first kappa shape index (κ1) is 20.0. The standard InChI is InChI=1S/C15H17N3.CHF3O3S/c1-15(2,3)16-14-17-10-6-4-8-12(17)13-9-5-7-11-18(13)14;2-1(3,4)8(5,6)7/h4-11H,1-3H3;(H,5,6,7). The molecular formula is C16H18F3N3O3S. The zero-order chi connectivity index (χ0) is 19.8. The summed E-state index contributed by atoms with van der Waals surface area (Å²) >= 11 is 0. The quantitative estimate of drug-likeness (QED) is 0.394. The van der Waals surface area contributed by atoms with Gasteiger partial charge in [-0.3, -0.25) is 5.32 Å². The zero-order valence-corrected chi connectivity index (χ0v) is 15.1. The molecular weight excluding hydrogens is 371 g/mol. The molecule has 0 saturated heterocycles. The molecule has 0 radical (unpaired) electrons. The highest BCUT2D eigenvalue weighted by Crippen LogP contribution is 2.20. The van der Waals surface area contributed by atoms with Gasteiger partial charge >= 0.3 is 11.5 Å². The van der Waals surface area contributed by atoms with E-state index in [-0.39, 0.29) is 5.54 Å². The maximum atomic E-state index is 10.7. The smallest absolute Gasteiger partial charge is 0.485 e. The molecule has 0 saturated carbocycles. The second-order valence-corrected chi connectivity index (χ2v) is 7.88. The Hall–Kier alpha value is -2.33. The molecule has 0 unspecified atom stereocenters. The Morgan fingerprint density at radius 3 is 2.19 bits per heavy atom. The number of nitrogens with one attached hydrogen (secondary N) is 1. The summed E-state index contributed by atoms with van der Waals surface area (Å²) < 4.78 is 63.3. The Bertz CT molecular complexity index is 969. The number of hydrogen-bond acceptors (Lipinski definition) is 4. The second-order valence-electron chi connectivity index (χ2n) is 6.51. The van der Waals surface area contributed by atoms with E-state index in [2.05, 4.69) is 83.7 Å². The molecule has 3 aromatic rings. The molecule has 0 aliphatic carbocycles. The summed E-state index contributed by atoms with van der Waals surface area (Å²) in [6.07, 6.45) is 4.19. The van der Waals surface area contributed by atoms with E-state index in [9.17, 15) is 13.2 Å². The average molecular weight is 389 g/mol. The lowest BCUT2D eigenvalue weighted by Gasteiger charge is -2.15. The van der Waals surface area contributed by atoms with Crippen LogP contribution < -0.4 is 9.72 Å². The minimum atomic E-state index is -6.09. The van der Waals surface area contributed by atoms with Crippen LogP contribution in [0.2, 0.25) is 0 Å². The summed E-state index contributed by atoms with van der Waals surface area (Å²) in [4.78, 5) is 0. The van der Waals surface area contributed by atoms with Crippen molar-refractivity contribution in [1.29, 1.82) is 0 Å². The highest BCUT2D eigenvalue weighted by molar-refractivity contribution is 7.86. The molecule has 0 amide bonds. The van der Waals surface area contributed by atoms with Crippen LogP contribution in [0, 0.1) is 0 Å².